The molecule has 1 aromatic heterocycles. The lowest BCUT2D eigenvalue weighted by Gasteiger charge is -2.22. The summed E-state index contributed by atoms with van der Waals surface area (Å²) >= 11 is 0. The predicted octanol–water partition coefficient (Wildman–Crippen LogP) is 5.52. The molecule has 0 aliphatic rings. The van der Waals surface area contributed by atoms with Crippen LogP contribution < -0.4 is 14.2 Å². The van der Waals surface area contributed by atoms with Crippen LogP contribution in [-0.2, 0) is 13.1 Å². The molecule has 0 saturated carbocycles. The fourth-order valence-electron chi connectivity index (χ4n) is 3.82. The molecular formula is C28H28N2O5. The van der Waals surface area contributed by atoms with Crippen molar-refractivity contribution in [1.29, 1.82) is 0 Å². The number of aromatic nitrogens is 1. The van der Waals surface area contributed by atoms with Gasteiger partial charge in [0, 0.05) is 23.7 Å². The Labute approximate surface area is 204 Å². The van der Waals surface area contributed by atoms with Crippen LogP contribution in [0.3, 0.4) is 0 Å². The summed E-state index contributed by atoms with van der Waals surface area (Å²) in [5.41, 5.74) is 4.10. The first-order valence-electron chi connectivity index (χ1n) is 11.2. The average molecular weight is 473 g/mol. The molecule has 0 aliphatic heterocycles. The zero-order valence-electron chi connectivity index (χ0n) is 20.3. The maximum Gasteiger partial charge on any atom is 0.254 e. The van der Waals surface area contributed by atoms with Gasteiger partial charge in [-0.15, -0.1) is 0 Å². The molecule has 4 aromatic rings. The second-order valence-electron chi connectivity index (χ2n) is 8.11. The van der Waals surface area contributed by atoms with Crippen LogP contribution in [0.4, 0.5) is 0 Å². The van der Waals surface area contributed by atoms with Crippen molar-refractivity contribution in [3.8, 4) is 28.6 Å². The lowest BCUT2D eigenvalue weighted by Crippen LogP contribution is -2.30. The molecule has 4 rings (SSSR count). The molecule has 7 nitrogen and oxygen atoms in total. The first-order valence-corrected chi connectivity index (χ1v) is 11.2. The highest BCUT2D eigenvalue weighted by molar-refractivity contribution is 5.94. The molecular weight excluding hydrogens is 444 g/mol. The van der Waals surface area contributed by atoms with Crippen LogP contribution in [0.2, 0.25) is 0 Å². The van der Waals surface area contributed by atoms with Crippen molar-refractivity contribution >= 4 is 5.91 Å². The van der Waals surface area contributed by atoms with Crippen LogP contribution in [0.1, 0.15) is 27.2 Å². The molecule has 0 aliphatic carbocycles. The summed E-state index contributed by atoms with van der Waals surface area (Å²) in [7, 11) is 4.68. The normalized spacial score (nSPS) is 10.6. The lowest BCUT2D eigenvalue weighted by atomic mass is 10.1. The number of carbonyl (C=O) groups excluding carboxylic acids is 1. The van der Waals surface area contributed by atoms with Crippen LogP contribution in [0, 0.1) is 6.92 Å². The Kier molecular flexibility index (Phi) is 7.35. The molecule has 1 amide bonds. The Bertz CT molecular complexity index is 1260. The van der Waals surface area contributed by atoms with Crippen LogP contribution >= 0.6 is 0 Å². The van der Waals surface area contributed by atoms with E-state index in [1.54, 1.807) is 38.4 Å². The van der Waals surface area contributed by atoms with Crippen LogP contribution in [0.5, 0.6) is 17.2 Å². The Morgan fingerprint density at radius 3 is 2.11 bits per heavy atom. The number of carbonyl (C=O) groups is 1. The zero-order valence-corrected chi connectivity index (χ0v) is 20.3. The predicted molar refractivity (Wildman–Crippen MR) is 133 cm³/mol. The van der Waals surface area contributed by atoms with E-state index in [1.807, 2.05) is 67.6 Å². The molecule has 0 N–H and O–H groups in total. The molecule has 0 atom stereocenters. The highest BCUT2D eigenvalue weighted by Crippen LogP contribution is 2.41. The van der Waals surface area contributed by atoms with Gasteiger partial charge < -0.3 is 23.6 Å². The van der Waals surface area contributed by atoms with Crippen LogP contribution in [0.25, 0.3) is 11.3 Å². The van der Waals surface area contributed by atoms with Gasteiger partial charge in [-0.05, 0) is 36.8 Å². The Morgan fingerprint density at radius 2 is 1.51 bits per heavy atom. The fraction of sp³-hybridized carbons (Fsp3) is 0.214. The fourth-order valence-corrected chi connectivity index (χ4v) is 3.82. The number of rotatable bonds is 9. The van der Waals surface area contributed by atoms with Gasteiger partial charge in [0.2, 0.25) is 5.75 Å². The number of benzene rings is 3. The summed E-state index contributed by atoms with van der Waals surface area (Å²) in [5, 5.41) is 4.24. The minimum absolute atomic E-state index is 0.0776. The van der Waals surface area contributed by atoms with Gasteiger partial charge in [0.05, 0.1) is 27.9 Å². The number of ether oxygens (including phenoxy) is 3. The van der Waals surface area contributed by atoms with E-state index in [1.165, 1.54) is 0 Å². The molecule has 180 valence electrons. The molecule has 0 radical (unpaired) electrons. The van der Waals surface area contributed by atoms with Crippen molar-refractivity contribution < 1.29 is 23.5 Å². The number of amides is 1. The molecule has 1 heterocycles. The number of methoxy groups -OCH3 is 3. The lowest BCUT2D eigenvalue weighted by molar-refractivity contribution is 0.0726. The molecule has 3 aromatic carbocycles. The SMILES string of the molecule is COc1cc(-c2cc(CN(Cc3ccccc3)C(=O)c3ccc(C)cc3)no2)cc(OC)c1OC. The van der Waals surface area contributed by atoms with E-state index >= 15 is 0 Å². The van der Waals surface area contributed by atoms with E-state index in [2.05, 4.69) is 5.16 Å². The summed E-state index contributed by atoms with van der Waals surface area (Å²) in [5.74, 6) is 1.98. The highest BCUT2D eigenvalue weighted by Gasteiger charge is 2.21. The first kappa shape index (κ1) is 23.9. The Hall–Kier alpha value is -4.26. The molecule has 0 unspecified atom stereocenters. The third kappa shape index (κ3) is 5.46. The van der Waals surface area contributed by atoms with Gasteiger partial charge >= 0.3 is 0 Å². The largest absolute Gasteiger partial charge is 0.493 e. The zero-order chi connectivity index (χ0) is 24.8. The van der Waals surface area contributed by atoms with Gasteiger partial charge in [0.25, 0.3) is 5.91 Å². The topological polar surface area (TPSA) is 74.0 Å². The highest BCUT2D eigenvalue weighted by atomic mass is 16.5. The Morgan fingerprint density at radius 1 is 0.857 bits per heavy atom. The van der Waals surface area contributed by atoms with Gasteiger partial charge in [-0.3, -0.25) is 4.79 Å². The van der Waals surface area contributed by atoms with Crippen LogP contribution in [-0.4, -0.2) is 37.3 Å². The average Bonchev–Trinajstić information content (AvgIpc) is 3.36. The molecule has 0 spiro atoms. The number of nitrogens with zero attached hydrogens (tertiary/aromatic N) is 2. The minimum atomic E-state index is -0.0776. The standard InChI is InChI=1S/C28H28N2O5/c1-19-10-12-21(13-11-19)28(31)30(17-20-8-6-5-7-9-20)18-23-16-24(35-29-23)22-14-25(32-2)27(34-4)26(15-22)33-3/h5-16H,17-18H2,1-4H3. The number of hydrogen-bond acceptors (Lipinski definition) is 6. The summed E-state index contributed by atoms with van der Waals surface area (Å²) in [6.45, 7) is 2.73. The van der Waals surface area contributed by atoms with Gasteiger partial charge in [0.15, 0.2) is 17.3 Å². The Balaban J connectivity index is 1.63. The van der Waals surface area contributed by atoms with Gasteiger partial charge in [0.1, 0.15) is 5.69 Å². The van der Waals surface area contributed by atoms with Crippen molar-refractivity contribution in [3.05, 3.63) is 95.2 Å². The van der Waals surface area contributed by atoms with E-state index in [4.69, 9.17) is 18.7 Å². The first-order chi connectivity index (χ1) is 17.0. The maximum absolute atomic E-state index is 13.4. The van der Waals surface area contributed by atoms with Crippen LogP contribution in [0.15, 0.2) is 77.3 Å². The van der Waals surface area contributed by atoms with E-state index in [-0.39, 0.29) is 12.5 Å². The third-order valence-electron chi connectivity index (χ3n) is 5.66. The smallest absolute Gasteiger partial charge is 0.254 e. The van der Waals surface area contributed by atoms with E-state index in [0.29, 0.717) is 40.8 Å². The summed E-state index contributed by atoms with van der Waals surface area (Å²) in [4.78, 5) is 15.2. The van der Waals surface area contributed by atoms with Crippen molar-refractivity contribution in [2.75, 3.05) is 21.3 Å². The van der Waals surface area contributed by atoms with E-state index in [0.717, 1.165) is 16.7 Å². The molecule has 0 saturated heterocycles. The van der Waals surface area contributed by atoms with E-state index in [9.17, 15) is 4.79 Å². The number of aryl methyl sites for hydroxylation is 1. The monoisotopic (exact) mass is 472 g/mol. The summed E-state index contributed by atoms with van der Waals surface area (Å²) in [6, 6.07) is 22.9. The molecule has 35 heavy (non-hydrogen) atoms. The second-order valence-corrected chi connectivity index (χ2v) is 8.11. The van der Waals surface area contributed by atoms with Crippen molar-refractivity contribution in [1.82, 2.24) is 10.1 Å². The van der Waals surface area contributed by atoms with Crippen molar-refractivity contribution in [2.24, 2.45) is 0 Å². The number of hydrogen-bond donors (Lipinski definition) is 0. The summed E-state index contributed by atoms with van der Waals surface area (Å²) < 4.78 is 21.9. The van der Waals surface area contributed by atoms with Gasteiger partial charge in [-0.1, -0.05) is 53.2 Å². The maximum atomic E-state index is 13.4. The quantitative estimate of drug-likeness (QED) is 0.319. The van der Waals surface area contributed by atoms with Gasteiger partial charge in [-0.25, -0.2) is 0 Å². The second kappa shape index (κ2) is 10.8. The molecule has 7 heteroatoms. The van der Waals surface area contributed by atoms with Gasteiger partial charge in [-0.2, -0.15) is 0 Å². The third-order valence-corrected chi connectivity index (χ3v) is 5.66. The van der Waals surface area contributed by atoms with Crippen molar-refractivity contribution in [2.45, 2.75) is 20.0 Å². The van der Waals surface area contributed by atoms with E-state index < -0.39 is 0 Å². The molecule has 0 fully saturated rings. The minimum Gasteiger partial charge on any atom is -0.493 e. The molecule has 0 bridgehead atoms. The summed E-state index contributed by atoms with van der Waals surface area (Å²) in [6.07, 6.45) is 0. The van der Waals surface area contributed by atoms with Crippen molar-refractivity contribution in [3.63, 3.8) is 0 Å².